The summed E-state index contributed by atoms with van der Waals surface area (Å²) in [5.41, 5.74) is 0.0135. The van der Waals surface area contributed by atoms with E-state index in [0.29, 0.717) is 0 Å². The largest absolute Gasteiger partial charge is 0.493 e. The standard InChI is InChI=1S/C10H16O2/c1-7-6-8(11-5)9(12-7)10(2,3)4/h6H,1-5H3. The van der Waals surface area contributed by atoms with Crippen LogP contribution in [0.15, 0.2) is 10.5 Å². The summed E-state index contributed by atoms with van der Waals surface area (Å²) in [6.07, 6.45) is 0. The van der Waals surface area contributed by atoms with Crippen LogP contribution in [0.5, 0.6) is 5.75 Å². The Hall–Kier alpha value is -0.920. The summed E-state index contributed by atoms with van der Waals surface area (Å²) in [6, 6.07) is 1.92. The predicted octanol–water partition coefficient (Wildman–Crippen LogP) is 2.89. The second-order valence-corrected chi connectivity index (χ2v) is 4.00. The molecule has 0 aliphatic rings. The van der Waals surface area contributed by atoms with Gasteiger partial charge in [-0.25, -0.2) is 0 Å². The van der Waals surface area contributed by atoms with E-state index in [4.69, 9.17) is 9.15 Å². The van der Waals surface area contributed by atoms with E-state index in [0.717, 1.165) is 17.3 Å². The van der Waals surface area contributed by atoms with Gasteiger partial charge in [-0.05, 0) is 6.92 Å². The highest BCUT2D eigenvalue weighted by Crippen LogP contribution is 2.33. The van der Waals surface area contributed by atoms with Crippen LogP contribution >= 0.6 is 0 Å². The van der Waals surface area contributed by atoms with Gasteiger partial charge in [-0.1, -0.05) is 20.8 Å². The first-order valence-electron chi connectivity index (χ1n) is 4.10. The molecule has 1 heterocycles. The Morgan fingerprint density at radius 1 is 1.33 bits per heavy atom. The highest BCUT2D eigenvalue weighted by molar-refractivity contribution is 5.32. The van der Waals surface area contributed by atoms with Gasteiger partial charge in [-0.15, -0.1) is 0 Å². The van der Waals surface area contributed by atoms with Crippen LogP contribution in [-0.2, 0) is 5.41 Å². The van der Waals surface area contributed by atoms with Crippen molar-refractivity contribution < 1.29 is 9.15 Å². The normalized spacial score (nSPS) is 11.8. The maximum atomic E-state index is 5.54. The highest BCUT2D eigenvalue weighted by Gasteiger charge is 2.23. The van der Waals surface area contributed by atoms with E-state index in [1.807, 2.05) is 13.0 Å². The summed E-state index contributed by atoms with van der Waals surface area (Å²) in [6.45, 7) is 8.24. The Bertz CT molecular complexity index is 266. The molecule has 1 rings (SSSR count). The third-order valence-electron chi connectivity index (χ3n) is 1.72. The first kappa shape index (κ1) is 9.17. The van der Waals surface area contributed by atoms with E-state index in [1.54, 1.807) is 7.11 Å². The van der Waals surface area contributed by atoms with Gasteiger partial charge in [0.25, 0.3) is 0 Å². The molecule has 0 saturated heterocycles. The van der Waals surface area contributed by atoms with Crippen molar-refractivity contribution in [1.82, 2.24) is 0 Å². The van der Waals surface area contributed by atoms with Crippen molar-refractivity contribution in [2.75, 3.05) is 7.11 Å². The van der Waals surface area contributed by atoms with Gasteiger partial charge in [0.2, 0.25) is 0 Å². The van der Waals surface area contributed by atoms with E-state index < -0.39 is 0 Å². The highest BCUT2D eigenvalue weighted by atomic mass is 16.5. The lowest BCUT2D eigenvalue weighted by molar-refractivity contribution is 0.346. The van der Waals surface area contributed by atoms with E-state index in [-0.39, 0.29) is 5.41 Å². The Morgan fingerprint density at radius 2 is 1.92 bits per heavy atom. The average Bonchev–Trinajstić information content (AvgIpc) is 2.29. The summed E-state index contributed by atoms with van der Waals surface area (Å²) in [4.78, 5) is 0. The molecule has 0 spiro atoms. The molecule has 0 radical (unpaired) electrons. The molecule has 0 bridgehead atoms. The second kappa shape index (κ2) is 2.85. The van der Waals surface area contributed by atoms with Gasteiger partial charge in [0.05, 0.1) is 7.11 Å². The smallest absolute Gasteiger partial charge is 0.160 e. The Balaban J connectivity index is 3.13. The lowest BCUT2D eigenvalue weighted by atomic mass is 9.93. The number of ether oxygens (including phenoxy) is 1. The van der Waals surface area contributed by atoms with Crippen LogP contribution in [0, 0.1) is 6.92 Å². The fourth-order valence-corrected chi connectivity index (χ4v) is 1.17. The second-order valence-electron chi connectivity index (χ2n) is 4.00. The van der Waals surface area contributed by atoms with E-state index >= 15 is 0 Å². The lowest BCUT2D eigenvalue weighted by Crippen LogP contribution is -2.10. The van der Waals surface area contributed by atoms with Crippen LogP contribution in [0.3, 0.4) is 0 Å². The van der Waals surface area contributed by atoms with Crippen LogP contribution < -0.4 is 4.74 Å². The monoisotopic (exact) mass is 168 g/mol. The predicted molar refractivity (Wildman–Crippen MR) is 48.7 cm³/mol. The minimum Gasteiger partial charge on any atom is -0.493 e. The summed E-state index contributed by atoms with van der Waals surface area (Å²) in [5, 5.41) is 0. The topological polar surface area (TPSA) is 22.4 Å². The SMILES string of the molecule is COc1cc(C)oc1C(C)(C)C. The molecule has 0 saturated carbocycles. The average molecular weight is 168 g/mol. The van der Waals surface area contributed by atoms with Gasteiger partial charge < -0.3 is 9.15 Å². The van der Waals surface area contributed by atoms with Crippen molar-refractivity contribution in [3.05, 3.63) is 17.6 Å². The van der Waals surface area contributed by atoms with Crippen molar-refractivity contribution >= 4 is 0 Å². The fourth-order valence-electron chi connectivity index (χ4n) is 1.17. The minimum atomic E-state index is 0.0135. The van der Waals surface area contributed by atoms with Crippen LogP contribution in [0.4, 0.5) is 0 Å². The van der Waals surface area contributed by atoms with E-state index in [1.165, 1.54) is 0 Å². The molecule has 1 aromatic heterocycles. The first-order valence-corrected chi connectivity index (χ1v) is 4.10. The molecule has 0 amide bonds. The van der Waals surface area contributed by atoms with Crippen LogP contribution in [-0.4, -0.2) is 7.11 Å². The van der Waals surface area contributed by atoms with Gasteiger partial charge in [-0.2, -0.15) is 0 Å². The van der Waals surface area contributed by atoms with Crippen molar-refractivity contribution in [2.45, 2.75) is 33.1 Å². The number of hydrogen-bond acceptors (Lipinski definition) is 2. The molecule has 0 atom stereocenters. The molecule has 0 N–H and O–H groups in total. The van der Waals surface area contributed by atoms with Crippen molar-refractivity contribution in [3.8, 4) is 5.75 Å². The molecular formula is C10H16O2. The Kier molecular flexibility index (Phi) is 2.18. The fraction of sp³-hybridized carbons (Fsp3) is 0.600. The molecule has 2 nitrogen and oxygen atoms in total. The Labute approximate surface area is 73.5 Å². The van der Waals surface area contributed by atoms with Gasteiger partial charge in [-0.3, -0.25) is 0 Å². The molecule has 12 heavy (non-hydrogen) atoms. The third-order valence-corrected chi connectivity index (χ3v) is 1.72. The number of furan rings is 1. The summed E-state index contributed by atoms with van der Waals surface area (Å²) < 4.78 is 10.7. The van der Waals surface area contributed by atoms with Gasteiger partial charge in [0.15, 0.2) is 11.5 Å². The molecule has 0 aliphatic heterocycles. The minimum absolute atomic E-state index is 0.0135. The molecule has 1 aromatic rings. The number of methoxy groups -OCH3 is 1. The number of aryl methyl sites for hydroxylation is 1. The molecule has 0 unspecified atom stereocenters. The molecule has 0 aromatic carbocycles. The van der Waals surface area contributed by atoms with Crippen LogP contribution in [0.1, 0.15) is 32.3 Å². The first-order chi connectivity index (χ1) is 5.45. The maximum absolute atomic E-state index is 5.54. The lowest BCUT2D eigenvalue weighted by Gasteiger charge is -2.16. The van der Waals surface area contributed by atoms with Gasteiger partial charge in [0.1, 0.15) is 5.76 Å². The van der Waals surface area contributed by atoms with E-state index in [2.05, 4.69) is 20.8 Å². The zero-order valence-corrected chi connectivity index (χ0v) is 8.39. The molecule has 0 aliphatic carbocycles. The molecule has 0 fully saturated rings. The van der Waals surface area contributed by atoms with Gasteiger partial charge >= 0.3 is 0 Å². The molecule has 68 valence electrons. The molecular weight excluding hydrogens is 152 g/mol. The number of hydrogen-bond donors (Lipinski definition) is 0. The molecule has 2 heteroatoms. The summed E-state index contributed by atoms with van der Waals surface area (Å²) in [7, 11) is 1.67. The summed E-state index contributed by atoms with van der Waals surface area (Å²) in [5.74, 6) is 2.67. The van der Waals surface area contributed by atoms with Crippen molar-refractivity contribution in [1.29, 1.82) is 0 Å². The third kappa shape index (κ3) is 1.63. The quantitative estimate of drug-likeness (QED) is 0.643. The van der Waals surface area contributed by atoms with Crippen molar-refractivity contribution in [2.24, 2.45) is 0 Å². The van der Waals surface area contributed by atoms with Crippen molar-refractivity contribution in [3.63, 3.8) is 0 Å². The summed E-state index contributed by atoms with van der Waals surface area (Å²) >= 11 is 0. The zero-order valence-electron chi connectivity index (χ0n) is 8.39. The van der Waals surface area contributed by atoms with Crippen LogP contribution in [0.25, 0.3) is 0 Å². The Morgan fingerprint density at radius 3 is 2.25 bits per heavy atom. The van der Waals surface area contributed by atoms with Gasteiger partial charge in [0, 0.05) is 11.5 Å². The maximum Gasteiger partial charge on any atom is 0.160 e. The van der Waals surface area contributed by atoms with Crippen LogP contribution in [0.2, 0.25) is 0 Å². The van der Waals surface area contributed by atoms with E-state index in [9.17, 15) is 0 Å². The number of rotatable bonds is 1. The zero-order chi connectivity index (χ0) is 9.35.